The summed E-state index contributed by atoms with van der Waals surface area (Å²) in [5.41, 5.74) is 0.456. The number of aliphatic hydroxyl groups excluding tert-OH is 1. The molecule has 0 saturated carbocycles. The van der Waals surface area contributed by atoms with E-state index in [1.165, 1.54) is 12.1 Å². The maximum absolute atomic E-state index is 9.07. The monoisotopic (exact) mass is 191 g/mol. The zero-order valence-corrected chi connectivity index (χ0v) is 6.89. The molecule has 1 aromatic carbocycles. The first kappa shape index (κ1) is 8.65. The van der Waals surface area contributed by atoms with E-state index in [-0.39, 0.29) is 15.8 Å². The molecule has 2 nitrogen and oxygen atoms in total. The van der Waals surface area contributed by atoms with Gasteiger partial charge in [-0.1, -0.05) is 23.2 Å². The van der Waals surface area contributed by atoms with Crippen LogP contribution in [0.4, 0.5) is 0 Å². The molecular weight excluding hydrogens is 187 g/mol. The predicted molar refractivity (Wildman–Crippen MR) is 43.5 cm³/mol. The average Bonchev–Trinajstić information content (AvgIpc) is 1.99. The van der Waals surface area contributed by atoms with E-state index in [1.807, 2.05) is 0 Å². The van der Waals surface area contributed by atoms with Gasteiger partial charge in [0.25, 0.3) is 0 Å². The summed E-state index contributed by atoms with van der Waals surface area (Å²) in [6.45, 7) is 0.858. The topological polar surface area (TPSA) is 40.5 Å². The van der Waals surface area contributed by atoms with Gasteiger partial charge in [-0.3, -0.25) is 0 Å². The SMILES string of the molecule is O[CH]c1cc(Cl)c(O)c(Cl)c1. The predicted octanol–water partition coefficient (Wildman–Crippen LogP) is 2.58. The van der Waals surface area contributed by atoms with E-state index in [0.29, 0.717) is 5.56 Å². The summed E-state index contributed by atoms with van der Waals surface area (Å²) in [6.07, 6.45) is 0. The number of hydrogen-bond acceptors (Lipinski definition) is 2. The summed E-state index contributed by atoms with van der Waals surface area (Å²) >= 11 is 11.1. The van der Waals surface area contributed by atoms with Crippen molar-refractivity contribution in [1.82, 2.24) is 0 Å². The minimum absolute atomic E-state index is 0.123. The molecule has 0 aliphatic heterocycles. The zero-order valence-electron chi connectivity index (χ0n) is 5.38. The van der Waals surface area contributed by atoms with E-state index in [9.17, 15) is 0 Å². The number of halogens is 2. The first-order valence-electron chi connectivity index (χ1n) is 2.80. The molecule has 0 aliphatic carbocycles. The van der Waals surface area contributed by atoms with Gasteiger partial charge in [-0.15, -0.1) is 0 Å². The Morgan fingerprint density at radius 1 is 1.18 bits per heavy atom. The van der Waals surface area contributed by atoms with Crippen LogP contribution in [0, 0.1) is 6.61 Å². The number of benzene rings is 1. The van der Waals surface area contributed by atoms with Gasteiger partial charge in [-0.2, -0.15) is 0 Å². The highest BCUT2D eigenvalue weighted by Gasteiger charge is 2.05. The Labute approximate surface area is 74.0 Å². The van der Waals surface area contributed by atoms with E-state index in [4.69, 9.17) is 33.4 Å². The van der Waals surface area contributed by atoms with Crippen LogP contribution >= 0.6 is 23.2 Å². The second-order valence-electron chi connectivity index (χ2n) is 1.96. The molecule has 0 fully saturated rings. The largest absolute Gasteiger partial charge is 0.505 e. The van der Waals surface area contributed by atoms with Gasteiger partial charge in [-0.05, 0) is 17.7 Å². The quantitative estimate of drug-likeness (QED) is 0.717. The number of aliphatic hydroxyl groups is 1. The Balaban J connectivity index is 3.21. The second kappa shape index (κ2) is 3.30. The van der Waals surface area contributed by atoms with Crippen molar-refractivity contribution in [1.29, 1.82) is 0 Å². The maximum Gasteiger partial charge on any atom is 0.152 e. The van der Waals surface area contributed by atoms with E-state index in [1.54, 1.807) is 0 Å². The third-order valence-electron chi connectivity index (χ3n) is 1.19. The van der Waals surface area contributed by atoms with Crippen molar-refractivity contribution in [3.8, 4) is 5.75 Å². The Bertz CT molecular complexity index is 250. The minimum Gasteiger partial charge on any atom is -0.505 e. The van der Waals surface area contributed by atoms with Crippen LogP contribution in [0.3, 0.4) is 0 Å². The molecule has 0 atom stereocenters. The lowest BCUT2D eigenvalue weighted by atomic mass is 10.2. The lowest BCUT2D eigenvalue weighted by Crippen LogP contribution is -1.80. The highest BCUT2D eigenvalue weighted by molar-refractivity contribution is 6.37. The van der Waals surface area contributed by atoms with Gasteiger partial charge in [0.15, 0.2) is 5.75 Å². The van der Waals surface area contributed by atoms with Crippen LogP contribution in [0.25, 0.3) is 0 Å². The van der Waals surface area contributed by atoms with Crippen LogP contribution in [0.15, 0.2) is 12.1 Å². The molecule has 1 rings (SSSR count). The van der Waals surface area contributed by atoms with Gasteiger partial charge in [0.1, 0.15) is 6.61 Å². The molecule has 11 heavy (non-hydrogen) atoms. The molecule has 0 aliphatic rings. The molecule has 2 N–H and O–H groups in total. The Hall–Kier alpha value is -0.440. The van der Waals surface area contributed by atoms with Gasteiger partial charge in [0.05, 0.1) is 10.0 Å². The summed E-state index contributed by atoms with van der Waals surface area (Å²) in [5.74, 6) is -0.168. The summed E-state index contributed by atoms with van der Waals surface area (Å²) in [5, 5.41) is 17.9. The van der Waals surface area contributed by atoms with Crippen molar-refractivity contribution in [2.75, 3.05) is 0 Å². The average molecular weight is 192 g/mol. The third kappa shape index (κ3) is 1.77. The zero-order chi connectivity index (χ0) is 8.43. The highest BCUT2D eigenvalue weighted by Crippen LogP contribution is 2.32. The van der Waals surface area contributed by atoms with Crippen molar-refractivity contribution in [2.24, 2.45) is 0 Å². The smallest absolute Gasteiger partial charge is 0.152 e. The van der Waals surface area contributed by atoms with Gasteiger partial charge >= 0.3 is 0 Å². The van der Waals surface area contributed by atoms with E-state index in [2.05, 4.69) is 0 Å². The van der Waals surface area contributed by atoms with Gasteiger partial charge in [0, 0.05) is 0 Å². The molecule has 0 heterocycles. The Morgan fingerprint density at radius 3 is 2.00 bits per heavy atom. The van der Waals surface area contributed by atoms with Crippen molar-refractivity contribution in [3.63, 3.8) is 0 Å². The van der Waals surface area contributed by atoms with Crippen LogP contribution in [0.5, 0.6) is 5.75 Å². The number of aromatic hydroxyl groups is 1. The molecule has 0 spiro atoms. The lowest BCUT2D eigenvalue weighted by Gasteiger charge is -2.01. The highest BCUT2D eigenvalue weighted by atomic mass is 35.5. The first-order valence-corrected chi connectivity index (χ1v) is 3.56. The van der Waals surface area contributed by atoms with Crippen molar-refractivity contribution < 1.29 is 10.2 Å². The van der Waals surface area contributed by atoms with Crippen LogP contribution in [-0.4, -0.2) is 10.2 Å². The third-order valence-corrected chi connectivity index (χ3v) is 1.76. The van der Waals surface area contributed by atoms with Crippen molar-refractivity contribution in [2.45, 2.75) is 0 Å². The van der Waals surface area contributed by atoms with Crippen LogP contribution in [0.2, 0.25) is 10.0 Å². The van der Waals surface area contributed by atoms with Crippen molar-refractivity contribution in [3.05, 3.63) is 34.3 Å². The second-order valence-corrected chi connectivity index (χ2v) is 2.78. The van der Waals surface area contributed by atoms with Gasteiger partial charge in [-0.25, -0.2) is 0 Å². The number of phenolic OH excluding ortho intramolecular Hbond substituents is 1. The Morgan fingerprint density at radius 2 is 1.64 bits per heavy atom. The normalized spacial score (nSPS) is 10.1. The van der Waals surface area contributed by atoms with E-state index < -0.39 is 0 Å². The summed E-state index contributed by atoms with van der Waals surface area (Å²) in [4.78, 5) is 0. The molecule has 4 heteroatoms. The van der Waals surface area contributed by atoms with E-state index >= 15 is 0 Å². The van der Waals surface area contributed by atoms with Gasteiger partial charge < -0.3 is 10.2 Å². The van der Waals surface area contributed by atoms with Crippen molar-refractivity contribution >= 4 is 23.2 Å². The summed E-state index contributed by atoms with van der Waals surface area (Å²) in [6, 6.07) is 2.81. The molecule has 1 radical (unpaired) electrons. The molecule has 0 aromatic heterocycles. The lowest BCUT2D eigenvalue weighted by molar-refractivity contribution is 0.414. The minimum atomic E-state index is -0.168. The van der Waals surface area contributed by atoms with Crippen LogP contribution in [-0.2, 0) is 0 Å². The number of hydrogen-bond donors (Lipinski definition) is 2. The van der Waals surface area contributed by atoms with Gasteiger partial charge in [0.2, 0.25) is 0 Å². The summed E-state index contributed by atoms with van der Waals surface area (Å²) in [7, 11) is 0. The fraction of sp³-hybridized carbons (Fsp3) is 0. The molecule has 0 amide bonds. The molecule has 0 saturated heterocycles. The first-order chi connectivity index (χ1) is 5.15. The van der Waals surface area contributed by atoms with Crippen LogP contribution < -0.4 is 0 Å². The standard InChI is InChI=1S/C7H5Cl2O2/c8-5-1-4(3-10)2-6(9)7(5)11/h1-3,10-11H. The molecule has 1 aromatic rings. The van der Waals surface area contributed by atoms with Crippen LogP contribution in [0.1, 0.15) is 5.56 Å². The molecule has 0 unspecified atom stereocenters. The molecule has 0 bridgehead atoms. The number of phenols is 1. The Kier molecular flexibility index (Phi) is 2.60. The fourth-order valence-corrected chi connectivity index (χ4v) is 1.16. The molecule has 59 valence electrons. The fourth-order valence-electron chi connectivity index (χ4n) is 0.660. The number of rotatable bonds is 1. The van der Waals surface area contributed by atoms with E-state index in [0.717, 1.165) is 6.61 Å². The maximum atomic E-state index is 9.07. The summed E-state index contributed by atoms with van der Waals surface area (Å²) < 4.78 is 0. The molecular formula is C7H5Cl2O2.